The van der Waals surface area contributed by atoms with Crippen molar-refractivity contribution < 1.29 is 18.7 Å². The van der Waals surface area contributed by atoms with Crippen LogP contribution in [0.15, 0.2) is 28.7 Å². The van der Waals surface area contributed by atoms with Crippen LogP contribution in [0, 0.1) is 0 Å². The molecule has 0 atom stereocenters. The van der Waals surface area contributed by atoms with Gasteiger partial charge in [-0.3, -0.25) is 4.79 Å². The molecule has 0 aliphatic heterocycles. The van der Waals surface area contributed by atoms with Gasteiger partial charge in [0.2, 0.25) is 0 Å². The smallest absolute Gasteiger partial charge is 0.303 e. The molecule has 0 saturated carbocycles. The molecule has 0 fully saturated rings. The van der Waals surface area contributed by atoms with Gasteiger partial charge in [-0.15, -0.1) is 0 Å². The van der Waals surface area contributed by atoms with E-state index in [2.05, 4.69) is 15.9 Å². The van der Waals surface area contributed by atoms with Crippen LogP contribution >= 0.6 is 15.9 Å². The first kappa shape index (κ1) is 12.1. The van der Waals surface area contributed by atoms with Gasteiger partial charge in [0.25, 0.3) is 5.92 Å². The molecule has 2 nitrogen and oxygen atoms in total. The largest absolute Gasteiger partial charge is 0.481 e. The maximum absolute atomic E-state index is 13.4. The summed E-state index contributed by atoms with van der Waals surface area (Å²) in [5.41, 5.74) is -0.168. The quantitative estimate of drug-likeness (QED) is 0.917. The Bertz CT molecular complexity index is 366. The van der Waals surface area contributed by atoms with E-state index in [4.69, 9.17) is 5.11 Å². The number of carbonyl (C=O) groups is 1. The molecule has 1 aromatic carbocycles. The molecule has 0 radical (unpaired) electrons. The lowest BCUT2D eigenvalue weighted by molar-refractivity contribution is -0.139. The minimum atomic E-state index is -3.10. The lowest BCUT2D eigenvalue weighted by Crippen LogP contribution is -2.15. The SMILES string of the molecule is O=C(O)CCC(F)(F)c1cccc(Br)c1. The molecular formula is C10H9BrF2O2. The van der Waals surface area contributed by atoms with Gasteiger partial charge in [0.05, 0.1) is 6.42 Å². The third-order valence-electron chi connectivity index (χ3n) is 1.90. The lowest BCUT2D eigenvalue weighted by Gasteiger charge is -2.15. The Kier molecular flexibility index (Phi) is 3.79. The van der Waals surface area contributed by atoms with E-state index in [0.29, 0.717) is 4.47 Å². The van der Waals surface area contributed by atoms with Gasteiger partial charge in [-0.25, -0.2) is 8.78 Å². The normalized spacial score (nSPS) is 11.4. The first-order valence-corrected chi connectivity index (χ1v) is 5.07. The number of hydrogen-bond donors (Lipinski definition) is 1. The van der Waals surface area contributed by atoms with Crippen LogP contribution in [0.1, 0.15) is 18.4 Å². The van der Waals surface area contributed by atoms with Crippen molar-refractivity contribution in [1.82, 2.24) is 0 Å². The fourth-order valence-corrected chi connectivity index (χ4v) is 1.52. The van der Waals surface area contributed by atoms with Crippen LogP contribution in [-0.2, 0) is 10.7 Å². The molecule has 5 heteroatoms. The van der Waals surface area contributed by atoms with Gasteiger partial charge in [-0.1, -0.05) is 28.1 Å². The Morgan fingerprint density at radius 2 is 2.13 bits per heavy atom. The molecule has 0 aliphatic carbocycles. The van der Waals surface area contributed by atoms with E-state index in [9.17, 15) is 13.6 Å². The van der Waals surface area contributed by atoms with Crippen LogP contribution in [0.2, 0.25) is 0 Å². The zero-order valence-corrected chi connectivity index (χ0v) is 9.30. The standard InChI is InChI=1S/C10H9BrF2O2/c11-8-3-1-2-7(6-8)10(12,13)5-4-9(14)15/h1-3,6H,4-5H2,(H,14,15). The summed E-state index contributed by atoms with van der Waals surface area (Å²) < 4.78 is 27.4. The molecule has 0 aliphatic rings. The minimum absolute atomic E-state index is 0.168. The number of hydrogen-bond acceptors (Lipinski definition) is 1. The van der Waals surface area contributed by atoms with Crippen LogP contribution in [0.25, 0.3) is 0 Å². The van der Waals surface area contributed by atoms with Crippen LogP contribution in [0.5, 0.6) is 0 Å². The molecule has 0 heterocycles. The van der Waals surface area contributed by atoms with Crippen molar-refractivity contribution in [1.29, 1.82) is 0 Å². The van der Waals surface area contributed by atoms with Gasteiger partial charge in [-0.2, -0.15) is 0 Å². The Hall–Kier alpha value is -0.970. The first-order chi connectivity index (χ1) is 6.92. The van der Waals surface area contributed by atoms with Gasteiger partial charge in [0, 0.05) is 16.5 Å². The summed E-state index contributed by atoms with van der Waals surface area (Å²) in [5.74, 6) is -4.31. The topological polar surface area (TPSA) is 37.3 Å². The van der Waals surface area contributed by atoms with E-state index in [1.54, 1.807) is 6.07 Å². The molecule has 1 aromatic rings. The van der Waals surface area contributed by atoms with E-state index in [1.165, 1.54) is 18.2 Å². The van der Waals surface area contributed by atoms with E-state index >= 15 is 0 Å². The molecule has 0 bridgehead atoms. The second-order valence-corrected chi connectivity index (χ2v) is 4.02. The highest BCUT2D eigenvalue weighted by atomic mass is 79.9. The summed E-state index contributed by atoms with van der Waals surface area (Å²) in [6, 6.07) is 5.71. The number of aliphatic carboxylic acids is 1. The van der Waals surface area contributed by atoms with E-state index in [0.717, 1.165) is 0 Å². The second-order valence-electron chi connectivity index (χ2n) is 3.11. The van der Waals surface area contributed by atoms with Crippen molar-refractivity contribution in [2.75, 3.05) is 0 Å². The number of benzene rings is 1. The highest BCUT2D eigenvalue weighted by Crippen LogP contribution is 2.33. The fraction of sp³-hybridized carbons (Fsp3) is 0.300. The van der Waals surface area contributed by atoms with Crippen molar-refractivity contribution in [3.8, 4) is 0 Å². The molecule has 1 N–H and O–H groups in total. The monoisotopic (exact) mass is 278 g/mol. The molecule has 0 unspecified atom stereocenters. The van der Waals surface area contributed by atoms with Gasteiger partial charge in [0.1, 0.15) is 0 Å². The van der Waals surface area contributed by atoms with Gasteiger partial charge in [0.15, 0.2) is 0 Å². The zero-order valence-electron chi connectivity index (χ0n) is 7.71. The van der Waals surface area contributed by atoms with Crippen LogP contribution in [0.4, 0.5) is 8.78 Å². The Morgan fingerprint density at radius 1 is 1.47 bits per heavy atom. The summed E-state index contributed by atoms with van der Waals surface area (Å²) in [7, 11) is 0. The fourth-order valence-electron chi connectivity index (χ4n) is 1.12. The van der Waals surface area contributed by atoms with E-state index < -0.39 is 24.7 Å². The highest BCUT2D eigenvalue weighted by Gasteiger charge is 2.31. The maximum atomic E-state index is 13.4. The number of carboxylic acid groups (broad SMARTS) is 1. The van der Waals surface area contributed by atoms with Gasteiger partial charge >= 0.3 is 5.97 Å². The minimum Gasteiger partial charge on any atom is -0.481 e. The summed E-state index contributed by atoms with van der Waals surface area (Å²) in [5, 5.41) is 8.34. The van der Waals surface area contributed by atoms with Crippen molar-refractivity contribution in [3.63, 3.8) is 0 Å². The number of rotatable bonds is 4. The molecule has 0 aromatic heterocycles. The maximum Gasteiger partial charge on any atom is 0.303 e. The molecule has 1 rings (SSSR count). The molecule has 0 spiro atoms. The lowest BCUT2D eigenvalue weighted by atomic mass is 10.0. The zero-order chi connectivity index (χ0) is 11.5. The summed E-state index contributed by atoms with van der Waals surface area (Å²) in [6.07, 6.45) is -1.22. The van der Waals surface area contributed by atoms with E-state index in [1.807, 2.05) is 0 Å². The second kappa shape index (κ2) is 4.70. The van der Waals surface area contributed by atoms with E-state index in [-0.39, 0.29) is 5.56 Å². The predicted octanol–water partition coefficient (Wildman–Crippen LogP) is 3.41. The third kappa shape index (κ3) is 3.58. The number of carboxylic acids is 1. The first-order valence-electron chi connectivity index (χ1n) is 4.27. The summed E-state index contributed by atoms with van der Waals surface area (Å²) in [4.78, 5) is 10.2. The molecule has 82 valence electrons. The molecule has 15 heavy (non-hydrogen) atoms. The third-order valence-corrected chi connectivity index (χ3v) is 2.39. The van der Waals surface area contributed by atoms with Crippen molar-refractivity contribution in [2.45, 2.75) is 18.8 Å². The number of alkyl halides is 2. The highest BCUT2D eigenvalue weighted by molar-refractivity contribution is 9.10. The van der Waals surface area contributed by atoms with Crippen LogP contribution in [-0.4, -0.2) is 11.1 Å². The molecule has 0 saturated heterocycles. The average molecular weight is 279 g/mol. The van der Waals surface area contributed by atoms with Gasteiger partial charge < -0.3 is 5.11 Å². The van der Waals surface area contributed by atoms with Crippen molar-refractivity contribution in [2.24, 2.45) is 0 Å². The molecule has 0 amide bonds. The van der Waals surface area contributed by atoms with Crippen LogP contribution < -0.4 is 0 Å². The average Bonchev–Trinajstić information content (AvgIpc) is 2.15. The van der Waals surface area contributed by atoms with Crippen LogP contribution in [0.3, 0.4) is 0 Å². The van der Waals surface area contributed by atoms with Gasteiger partial charge in [-0.05, 0) is 12.1 Å². The Morgan fingerprint density at radius 3 is 2.67 bits per heavy atom. The summed E-state index contributed by atoms with van der Waals surface area (Å²) >= 11 is 3.08. The predicted molar refractivity (Wildman–Crippen MR) is 54.9 cm³/mol. The Balaban J connectivity index is 2.80. The Labute approximate surface area is 94.0 Å². The van der Waals surface area contributed by atoms with Crippen molar-refractivity contribution in [3.05, 3.63) is 34.3 Å². The van der Waals surface area contributed by atoms with Crippen molar-refractivity contribution >= 4 is 21.9 Å². The summed E-state index contributed by atoms with van der Waals surface area (Å²) in [6.45, 7) is 0. The molecular weight excluding hydrogens is 270 g/mol. The number of halogens is 3.